The summed E-state index contributed by atoms with van der Waals surface area (Å²) >= 11 is 3.15. The van der Waals surface area contributed by atoms with Crippen molar-refractivity contribution in [1.29, 1.82) is 0 Å². The van der Waals surface area contributed by atoms with Crippen LogP contribution in [0.3, 0.4) is 0 Å². The number of hydrogen-bond acceptors (Lipinski definition) is 4. The van der Waals surface area contributed by atoms with Gasteiger partial charge in [0.25, 0.3) is 5.56 Å². The smallest absolute Gasteiger partial charge is 0.272 e. The Morgan fingerprint density at radius 2 is 2.04 bits per heavy atom. The number of aryl methyl sites for hydroxylation is 1. The van der Waals surface area contributed by atoms with Gasteiger partial charge in [-0.3, -0.25) is 9.36 Å². The summed E-state index contributed by atoms with van der Waals surface area (Å²) in [6, 6.07) is 10.3. The lowest BCUT2D eigenvalue weighted by atomic mass is 10.1. The molecule has 0 aliphatic carbocycles. The van der Waals surface area contributed by atoms with Crippen molar-refractivity contribution in [3.05, 3.63) is 57.2 Å². The summed E-state index contributed by atoms with van der Waals surface area (Å²) < 4.78 is 2.64. The molecule has 0 saturated heterocycles. The fraction of sp³-hybridized carbons (Fsp3) is 0.368. The molecule has 2 aromatic heterocycles. The molecule has 0 spiro atoms. The van der Waals surface area contributed by atoms with Crippen LogP contribution in [0.4, 0.5) is 0 Å². The van der Waals surface area contributed by atoms with E-state index in [1.165, 1.54) is 22.5 Å². The molecule has 0 saturated carbocycles. The first-order chi connectivity index (χ1) is 11.7. The first kappa shape index (κ1) is 17.2. The number of nitrogens with zero attached hydrogens (tertiary/aromatic N) is 2. The van der Waals surface area contributed by atoms with Crippen LogP contribution in [0.2, 0.25) is 0 Å². The third-order valence-corrected chi connectivity index (χ3v) is 6.05. The van der Waals surface area contributed by atoms with Gasteiger partial charge >= 0.3 is 0 Å². The average molecular weight is 359 g/mol. The van der Waals surface area contributed by atoms with Crippen molar-refractivity contribution >= 4 is 33.3 Å². The summed E-state index contributed by atoms with van der Waals surface area (Å²) in [6.45, 7) is 5.06. The maximum absolute atomic E-state index is 12.8. The number of fused-ring (bicyclic) bond motifs is 1. The van der Waals surface area contributed by atoms with E-state index in [1.807, 2.05) is 16.0 Å². The highest BCUT2D eigenvalue weighted by Crippen LogP contribution is 2.25. The number of benzene rings is 1. The van der Waals surface area contributed by atoms with Crippen molar-refractivity contribution in [1.82, 2.24) is 9.55 Å². The van der Waals surface area contributed by atoms with E-state index in [0.717, 1.165) is 46.9 Å². The molecule has 24 heavy (non-hydrogen) atoms. The number of rotatable bonds is 7. The van der Waals surface area contributed by atoms with Crippen molar-refractivity contribution in [2.45, 2.75) is 50.6 Å². The first-order valence-electron chi connectivity index (χ1n) is 8.36. The van der Waals surface area contributed by atoms with Gasteiger partial charge in [-0.2, -0.15) is 0 Å². The molecule has 0 atom stereocenters. The predicted molar refractivity (Wildman–Crippen MR) is 104 cm³/mol. The summed E-state index contributed by atoms with van der Waals surface area (Å²) in [6.07, 6.45) is 3.30. The van der Waals surface area contributed by atoms with Crippen LogP contribution >= 0.6 is 23.1 Å². The number of aromatic nitrogens is 2. The van der Waals surface area contributed by atoms with Gasteiger partial charge in [-0.25, -0.2) is 4.98 Å². The molecule has 126 valence electrons. The van der Waals surface area contributed by atoms with E-state index in [1.54, 1.807) is 11.8 Å². The molecule has 0 fully saturated rings. The van der Waals surface area contributed by atoms with Crippen molar-refractivity contribution in [2.24, 2.45) is 0 Å². The number of thiophene rings is 1. The van der Waals surface area contributed by atoms with Crippen molar-refractivity contribution in [3.8, 4) is 0 Å². The van der Waals surface area contributed by atoms with Crippen LogP contribution in [0.25, 0.3) is 10.2 Å². The van der Waals surface area contributed by atoms with Gasteiger partial charge in [0, 0.05) is 12.3 Å². The van der Waals surface area contributed by atoms with E-state index >= 15 is 0 Å². The van der Waals surface area contributed by atoms with Crippen LogP contribution in [0, 0.1) is 6.92 Å². The minimum absolute atomic E-state index is 0.110. The zero-order valence-electron chi connectivity index (χ0n) is 14.1. The van der Waals surface area contributed by atoms with Crippen molar-refractivity contribution in [3.63, 3.8) is 0 Å². The second kappa shape index (κ2) is 7.99. The molecular formula is C19H22N2OS2. The largest absolute Gasteiger partial charge is 0.286 e. The molecule has 0 amide bonds. The van der Waals surface area contributed by atoms with E-state index in [-0.39, 0.29) is 5.56 Å². The van der Waals surface area contributed by atoms with Gasteiger partial charge in [0.2, 0.25) is 0 Å². The van der Waals surface area contributed by atoms with Crippen LogP contribution in [-0.4, -0.2) is 9.55 Å². The summed E-state index contributed by atoms with van der Waals surface area (Å²) in [5.41, 5.74) is 3.51. The highest BCUT2D eigenvalue weighted by Gasteiger charge is 2.13. The molecule has 3 nitrogen and oxygen atoms in total. The van der Waals surface area contributed by atoms with Crippen LogP contribution < -0.4 is 5.56 Å². The minimum Gasteiger partial charge on any atom is -0.286 e. The summed E-state index contributed by atoms with van der Waals surface area (Å²) in [5, 5.41) is 2.79. The Morgan fingerprint density at radius 3 is 2.83 bits per heavy atom. The van der Waals surface area contributed by atoms with Gasteiger partial charge in [-0.15, -0.1) is 11.3 Å². The molecule has 5 heteroatoms. The first-order valence-corrected chi connectivity index (χ1v) is 10.2. The lowest BCUT2D eigenvalue weighted by Gasteiger charge is -2.12. The van der Waals surface area contributed by atoms with Crippen molar-refractivity contribution in [2.75, 3.05) is 0 Å². The molecule has 0 bridgehead atoms. The van der Waals surface area contributed by atoms with Gasteiger partial charge in [0.1, 0.15) is 4.70 Å². The molecule has 0 aliphatic rings. The molecule has 0 N–H and O–H groups in total. The van der Waals surface area contributed by atoms with E-state index in [2.05, 4.69) is 38.1 Å². The van der Waals surface area contributed by atoms with E-state index in [4.69, 9.17) is 4.98 Å². The summed E-state index contributed by atoms with van der Waals surface area (Å²) in [4.78, 5) is 17.6. The summed E-state index contributed by atoms with van der Waals surface area (Å²) in [7, 11) is 0. The lowest BCUT2D eigenvalue weighted by Crippen LogP contribution is -2.22. The average Bonchev–Trinajstić information content (AvgIpc) is 3.05. The SMILES string of the molecule is CCCCCn1c(SCc2ccccc2C)nc2ccsc2c1=O. The molecule has 3 aromatic rings. The fourth-order valence-electron chi connectivity index (χ4n) is 2.67. The van der Waals surface area contributed by atoms with Gasteiger partial charge in [-0.05, 0) is 35.9 Å². The zero-order valence-corrected chi connectivity index (χ0v) is 15.8. The fourth-order valence-corrected chi connectivity index (χ4v) is 4.54. The number of thioether (sulfide) groups is 1. The minimum atomic E-state index is 0.110. The lowest BCUT2D eigenvalue weighted by molar-refractivity contribution is 0.542. The Morgan fingerprint density at radius 1 is 1.21 bits per heavy atom. The van der Waals surface area contributed by atoms with E-state index in [0.29, 0.717) is 0 Å². The Labute approximate surface area is 150 Å². The molecular weight excluding hydrogens is 336 g/mol. The van der Waals surface area contributed by atoms with E-state index < -0.39 is 0 Å². The Hall–Kier alpha value is -1.59. The second-order valence-corrected chi connectivity index (χ2v) is 7.77. The molecule has 3 rings (SSSR count). The van der Waals surface area contributed by atoms with Crippen LogP contribution in [-0.2, 0) is 12.3 Å². The standard InChI is InChI=1S/C19H22N2OS2/c1-3-4-7-11-21-18(22)17-16(10-12-23-17)20-19(21)24-13-15-9-6-5-8-14(15)2/h5-6,8-10,12H,3-4,7,11,13H2,1-2H3. The predicted octanol–water partition coefficient (Wildman–Crippen LogP) is 5.25. The van der Waals surface area contributed by atoms with Crippen molar-refractivity contribution < 1.29 is 0 Å². The zero-order chi connectivity index (χ0) is 16.9. The Kier molecular flexibility index (Phi) is 5.74. The maximum atomic E-state index is 12.8. The number of unbranched alkanes of at least 4 members (excludes halogenated alkanes) is 2. The quantitative estimate of drug-likeness (QED) is 0.329. The molecule has 1 aromatic carbocycles. The molecule has 0 aliphatic heterocycles. The number of hydrogen-bond donors (Lipinski definition) is 0. The normalized spacial score (nSPS) is 11.2. The molecule has 0 radical (unpaired) electrons. The van der Waals surface area contributed by atoms with E-state index in [9.17, 15) is 4.79 Å². The third-order valence-electron chi connectivity index (χ3n) is 4.13. The van der Waals surface area contributed by atoms with Gasteiger partial charge < -0.3 is 0 Å². The van der Waals surface area contributed by atoms with Gasteiger partial charge in [0.15, 0.2) is 5.16 Å². The third kappa shape index (κ3) is 3.73. The second-order valence-electron chi connectivity index (χ2n) is 5.91. The topological polar surface area (TPSA) is 34.9 Å². The van der Waals surface area contributed by atoms with Crippen LogP contribution in [0.15, 0.2) is 45.7 Å². The maximum Gasteiger partial charge on any atom is 0.272 e. The Bertz CT molecular complexity index is 882. The molecule has 0 unspecified atom stereocenters. The van der Waals surface area contributed by atoms with Gasteiger partial charge in [0.05, 0.1) is 5.52 Å². The Balaban J connectivity index is 1.91. The highest BCUT2D eigenvalue weighted by atomic mass is 32.2. The van der Waals surface area contributed by atoms with Gasteiger partial charge in [-0.1, -0.05) is 55.8 Å². The van der Waals surface area contributed by atoms with Crippen LogP contribution in [0.5, 0.6) is 0 Å². The summed E-state index contributed by atoms with van der Waals surface area (Å²) in [5.74, 6) is 0.836. The monoisotopic (exact) mass is 358 g/mol. The van der Waals surface area contributed by atoms with Crippen LogP contribution in [0.1, 0.15) is 37.3 Å². The molecule has 2 heterocycles. The highest BCUT2D eigenvalue weighted by molar-refractivity contribution is 7.98.